The second kappa shape index (κ2) is 5.61. The van der Waals surface area contributed by atoms with Crippen molar-refractivity contribution in [1.82, 2.24) is 9.78 Å². The van der Waals surface area contributed by atoms with Crippen molar-refractivity contribution in [2.75, 3.05) is 5.32 Å². The SMILES string of the molecule is Cn1nc(CNc2ccc(Cl)cc2I)c2ccccc21. The molecule has 0 saturated heterocycles. The average Bonchev–Trinajstić information content (AvgIpc) is 2.75. The molecule has 3 rings (SSSR count). The zero-order valence-corrected chi connectivity index (χ0v) is 13.8. The maximum atomic E-state index is 5.97. The number of para-hydroxylation sites is 1. The highest BCUT2D eigenvalue weighted by molar-refractivity contribution is 14.1. The lowest BCUT2D eigenvalue weighted by atomic mass is 10.2. The first-order chi connectivity index (χ1) is 9.65. The summed E-state index contributed by atoms with van der Waals surface area (Å²) in [5, 5.41) is 9.94. The van der Waals surface area contributed by atoms with E-state index in [9.17, 15) is 0 Å². The van der Waals surface area contributed by atoms with E-state index >= 15 is 0 Å². The van der Waals surface area contributed by atoms with Crippen LogP contribution in [0, 0.1) is 3.57 Å². The number of nitrogens with one attached hydrogen (secondary N) is 1. The molecule has 0 unspecified atom stereocenters. The highest BCUT2D eigenvalue weighted by Crippen LogP contribution is 2.24. The van der Waals surface area contributed by atoms with Crippen molar-refractivity contribution in [3.05, 3.63) is 56.8 Å². The van der Waals surface area contributed by atoms with Crippen LogP contribution in [-0.4, -0.2) is 9.78 Å². The van der Waals surface area contributed by atoms with Gasteiger partial charge in [-0.2, -0.15) is 5.10 Å². The maximum Gasteiger partial charge on any atom is 0.0894 e. The summed E-state index contributed by atoms with van der Waals surface area (Å²) in [6.07, 6.45) is 0. The van der Waals surface area contributed by atoms with E-state index in [1.54, 1.807) is 0 Å². The second-order valence-corrected chi connectivity index (χ2v) is 6.16. The first-order valence-corrected chi connectivity index (χ1v) is 7.70. The molecule has 5 heteroatoms. The van der Waals surface area contributed by atoms with E-state index < -0.39 is 0 Å². The number of rotatable bonds is 3. The van der Waals surface area contributed by atoms with Gasteiger partial charge in [-0.3, -0.25) is 4.68 Å². The van der Waals surface area contributed by atoms with Gasteiger partial charge in [-0.15, -0.1) is 0 Å². The number of halogens is 2. The number of benzene rings is 2. The summed E-state index contributed by atoms with van der Waals surface area (Å²) in [4.78, 5) is 0. The average molecular weight is 398 g/mol. The van der Waals surface area contributed by atoms with Crippen LogP contribution in [0.3, 0.4) is 0 Å². The summed E-state index contributed by atoms with van der Waals surface area (Å²) in [6, 6.07) is 14.1. The molecule has 3 nitrogen and oxygen atoms in total. The first kappa shape index (κ1) is 13.7. The Balaban J connectivity index is 1.87. The lowest BCUT2D eigenvalue weighted by molar-refractivity contribution is 0.771. The Labute approximate surface area is 136 Å². The number of anilines is 1. The van der Waals surface area contributed by atoms with Gasteiger partial charge in [0.15, 0.2) is 0 Å². The van der Waals surface area contributed by atoms with Crippen LogP contribution in [0.5, 0.6) is 0 Å². The molecule has 1 aromatic heterocycles. The van der Waals surface area contributed by atoms with E-state index in [1.165, 1.54) is 5.39 Å². The Morgan fingerprint density at radius 1 is 1.25 bits per heavy atom. The minimum atomic E-state index is 0.693. The van der Waals surface area contributed by atoms with Crippen LogP contribution in [-0.2, 0) is 13.6 Å². The van der Waals surface area contributed by atoms with E-state index in [0.29, 0.717) is 6.54 Å². The largest absolute Gasteiger partial charge is 0.378 e. The number of aryl methyl sites for hydroxylation is 1. The van der Waals surface area contributed by atoms with Gasteiger partial charge in [0.05, 0.1) is 17.8 Å². The van der Waals surface area contributed by atoms with Crippen LogP contribution in [0.4, 0.5) is 5.69 Å². The van der Waals surface area contributed by atoms with E-state index in [0.717, 1.165) is 25.5 Å². The number of fused-ring (bicyclic) bond motifs is 1. The van der Waals surface area contributed by atoms with Crippen LogP contribution in [0.2, 0.25) is 5.02 Å². The zero-order chi connectivity index (χ0) is 14.1. The third-order valence-corrected chi connectivity index (χ3v) is 4.34. The summed E-state index contributed by atoms with van der Waals surface area (Å²) in [7, 11) is 1.97. The standard InChI is InChI=1S/C15H13ClIN3/c1-20-15-5-3-2-4-11(15)14(19-20)9-18-13-7-6-10(16)8-12(13)17/h2-8,18H,9H2,1H3. The van der Waals surface area contributed by atoms with Crippen LogP contribution in [0.1, 0.15) is 5.69 Å². The quantitative estimate of drug-likeness (QED) is 0.662. The van der Waals surface area contributed by atoms with Crippen molar-refractivity contribution >= 4 is 50.8 Å². The highest BCUT2D eigenvalue weighted by atomic mass is 127. The molecule has 1 N–H and O–H groups in total. The molecule has 0 saturated carbocycles. The Hall–Kier alpha value is -1.27. The Kier molecular flexibility index (Phi) is 3.85. The van der Waals surface area contributed by atoms with Crippen LogP contribution in [0.25, 0.3) is 10.9 Å². The van der Waals surface area contributed by atoms with Crippen LogP contribution < -0.4 is 5.32 Å². The topological polar surface area (TPSA) is 29.9 Å². The molecule has 0 aliphatic carbocycles. The lowest BCUT2D eigenvalue weighted by Crippen LogP contribution is -2.02. The molecule has 0 aliphatic heterocycles. The van der Waals surface area contributed by atoms with Gasteiger partial charge < -0.3 is 5.32 Å². The van der Waals surface area contributed by atoms with E-state index in [-0.39, 0.29) is 0 Å². The number of hydrogen-bond acceptors (Lipinski definition) is 2. The predicted octanol–water partition coefficient (Wildman–Crippen LogP) is 4.44. The van der Waals surface area contributed by atoms with Gasteiger partial charge in [-0.05, 0) is 46.9 Å². The monoisotopic (exact) mass is 397 g/mol. The van der Waals surface area contributed by atoms with Crippen molar-refractivity contribution in [1.29, 1.82) is 0 Å². The lowest BCUT2D eigenvalue weighted by Gasteiger charge is -2.07. The summed E-state index contributed by atoms with van der Waals surface area (Å²) < 4.78 is 3.02. The molecule has 0 bridgehead atoms. The van der Waals surface area contributed by atoms with Crippen molar-refractivity contribution < 1.29 is 0 Å². The summed E-state index contributed by atoms with van der Waals surface area (Å²) >= 11 is 8.25. The van der Waals surface area contributed by atoms with Crippen molar-refractivity contribution in [2.24, 2.45) is 7.05 Å². The minimum absolute atomic E-state index is 0.693. The summed E-state index contributed by atoms with van der Waals surface area (Å²) in [5.41, 5.74) is 3.27. The molecule has 102 valence electrons. The molecular formula is C15H13ClIN3. The molecule has 0 atom stereocenters. The van der Waals surface area contributed by atoms with Gasteiger partial charge in [0, 0.05) is 26.7 Å². The van der Waals surface area contributed by atoms with Crippen LogP contribution in [0.15, 0.2) is 42.5 Å². The molecule has 0 aliphatic rings. The van der Waals surface area contributed by atoms with E-state index in [2.05, 4.69) is 45.1 Å². The van der Waals surface area contributed by atoms with E-state index in [1.807, 2.05) is 42.1 Å². The molecule has 2 aromatic carbocycles. The fourth-order valence-corrected chi connectivity index (χ4v) is 3.29. The summed E-state index contributed by atoms with van der Waals surface area (Å²) in [5.74, 6) is 0. The highest BCUT2D eigenvalue weighted by Gasteiger charge is 2.08. The number of aromatic nitrogens is 2. The van der Waals surface area contributed by atoms with E-state index in [4.69, 9.17) is 11.6 Å². The minimum Gasteiger partial charge on any atom is -0.378 e. The van der Waals surface area contributed by atoms with Gasteiger partial charge in [0.1, 0.15) is 0 Å². The van der Waals surface area contributed by atoms with Crippen molar-refractivity contribution in [2.45, 2.75) is 6.54 Å². The number of hydrogen-bond donors (Lipinski definition) is 1. The van der Waals surface area contributed by atoms with Crippen molar-refractivity contribution in [3.8, 4) is 0 Å². The third-order valence-electron chi connectivity index (χ3n) is 3.21. The van der Waals surface area contributed by atoms with Gasteiger partial charge in [0.2, 0.25) is 0 Å². The molecule has 3 aromatic rings. The fourth-order valence-electron chi connectivity index (χ4n) is 2.23. The Morgan fingerprint density at radius 3 is 2.85 bits per heavy atom. The van der Waals surface area contributed by atoms with Gasteiger partial charge >= 0.3 is 0 Å². The zero-order valence-electron chi connectivity index (χ0n) is 10.9. The van der Waals surface area contributed by atoms with Gasteiger partial charge in [-0.25, -0.2) is 0 Å². The Morgan fingerprint density at radius 2 is 2.05 bits per heavy atom. The molecule has 0 spiro atoms. The Bertz CT molecular complexity index is 767. The predicted molar refractivity (Wildman–Crippen MR) is 92.2 cm³/mol. The van der Waals surface area contributed by atoms with Gasteiger partial charge in [0.25, 0.3) is 0 Å². The molecule has 1 heterocycles. The number of nitrogens with zero attached hydrogens (tertiary/aromatic N) is 2. The molecule has 0 radical (unpaired) electrons. The smallest absolute Gasteiger partial charge is 0.0894 e. The summed E-state index contributed by atoms with van der Waals surface area (Å²) in [6.45, 7) is 0.693. The fraction of sp³-hybridized carbons (Fsp3) is 0.133. The van der Waals surface area contributed by atoms with Gasteiger partial charge in [-0.1, -0.05) is 29.8 Å². The second-order valence-electron chi connectivity index (χ2n) is 4.57. The van der Waals surface area contributed by atoms with Crippen molar-refractivity contribution in [3.63, 3.8) is 0 Å². The van der Waals surface area contributed by atoms with Crippen LogP contribution >= 0.6 is 34.2 Å². The first-order valence-electron chi connectivity index (χ1n) is 6.24. The molecule has 0 fully saturated rings. The third kappa shape index (κ3) is 2.62. The molecular weight excluding hydrogens is 385 g/mol. The normalized spacial score (nSPS) is 10.9. The molecule has 20 heavy (non-hydrogen) atoms. The molecule has 0 amide bonds. The maximum absolute atomic E-state index is 5.97.